The number of rotatable bonds is 3. The van der Waals surface area contributed by atoms with Gasteiger partial charge in [0.05, 0.1) is 5.38 Å². The first-order valence-electron chi connectivity index (χ1n) is 7.76. The molecule has 0 nitrogen and oxygen atoms in total. The number of aryl methyl sites for hydroxylation is 3. The minimum Gasteiger partial charge on any atom is -0.118 e. The largest absolute Gasteiger partial charge is 0.118 e. The molecule has 0 N–H and O–H groups in total. The summed E-state index contributed by atoms with van der Waals surface area (Å²) in [5.74, 6) is 2.90. The molecule has 19 heavy (non-hydrogen) atoms. The number of hydrogen-bond donors (Lipinski definition) is 0. The Kier molecular flexibility index (Phi) is 3.64. The summed E-state index contributed by atoms with van der Waals surface area (Å²) in [6.45, 7) is 6.60. The molecule has 0 aliphatic heterocycles. The molecule has 0 saturated heterocycles. The Balaban J connectivity index is 1.75. The van der Waals surface area contributed by atoms with Gasteiger partial charge in [-0.25, -0.2) is 0 Å². The molecule has 0 aromatic heterocycles. The van der Waals surface area contributed by atoms with Gasteiger partial charge in [0.25, 0.3) is 0 Å². The Morgan fingerprint density at radius 3 is 2.32 bits per heavy atom. The summed E-state index contributed by atoms with van der Waals surface area (Å²) in [6.07, 6.45) is 7.06. The van der Waals surface area contributed by atoms with Gasteiger partial charge in [-0.2, -0.15) is 0 Å². The van der Waals surface area contributed by atoms with Crippen molar-refractivity contribution in [1.29, 1.82) is 0 Å². The summed E-state index contributed by atoms with van der Waals surface area (Å²) in [5.41, 5.74) is 5.50. The van der Waals surface area contributed by atoms with E-state index in [1.807, 2.05) is 0 Å². The number of fused-ring (bicyclic) bond motifs is 2. The molecule has 104 valence electrons. The predicted molar refractivity (Wildman–Crippen MR) is 82.8 cm³/mol. The van der Waals surface area contributed by atoms with Crippen molar-refractivity contribution in [3.05, 3.63) is 34.4 Å². The van der Waals surface area contributed by atoms with Crippen molar-refractivity contribution < 1.29 is 0 Å². The van der Waals surface area contributed by atoms with Gasteiger partial charge in [-0.05, 0) is 80.9 Å². The minimum atomic E-state index is 0.213. The Hall–Kier alpha value is -0.490. The monoisotopic (exact) mass is 276 g/mol. The molecule has 3 rings (SSSR count). The number of halogens is 1. The molecular formula is C18H25Cl. The third kappa shape index (κ3) is 2.57. The molecule has 0 spiro atoms. The first-order valence-corrected chi connectivity index (χ1v) is 8.20. The first-order chi connectivity index (χ1) is 9.04. The molecule has 0 amide bonds. The normalized spacial score (nSPS) is 30.8. The van der Waals surface area contributed by atoms with Crippen LogP contribution in [0.5, 0.6) is 0 Å². The van der Waals surface area contributed by atoms with E-state index >= 15 is 0 Å². The van der Waals surface area contributed by atoms with Crippen LogP contribution in [0, 0.1) is 38.5 Å². The van der Waals surface area contributed by atoms with E-state index in [9.17, 15) is 0 Å². The van der Waals surface area contributed by atoms with E-state index in [0.717, 1.165) is 17.8 Å². The van der Waals surface area contributed by atoms with Gasteiger partial charge in [-0.3, -0.25) is 0 Å². The van der Waals surface area contributed by atoms with E-state index in [0.29, 0.717) is 0 Å². The molecule has 1 aromatic rings. The maximum atomic E-state index is 6.79. The predicted octanol–water partition coefficient (Wildman–Crippen LogP) is 5.72. The van der Waals surface area contributed by atoms with Crippen molar-refractivity contribution in [2.45, 2.75) is 58.3 Å². The van der Waals surface area contributed by atoms with Crippen molar-refractivity contribution in [1.82, 2.24) is 0 Å². The Morgan fingerprint density at radius 1 is 1.11 bits per heavy atom. The standard InChI is InChI=1S/C18H25Cl/c1-11-6-12(2)18(13(3)7-11)17(19)10-16-9-14-4-5-15(16)8-14/h6-7,14-17H,4-5,8-10H2,1-3H3. The average molecular weight is 277 g/mol. The highest BCUT2D eigenvalue weighted by molar-refractivity contribution is 6.21. The second-order valence-corrected chi connectivity index (χ2v) is 7.48. The Bertz CT molecular complexity index is 454. The van der Waals surface area contributed by atoms with Crippen LogP contribution in [0.1, 0.15) is 59.7 Å². The molecule has 2 aliphatic rings. The summed E-state index contributed by atoms with van der Waals surface area (Å²) in [4.78, 5) is 0. The fourth-order valence-electron chi connectivity index (χ4n) is 4.73. The fourth-order valence-corrected chi connectivity index (χ4v) is 5.31. The SMILES string of the molecule is Cc1cc(C)c(C(Cl)CC2CC3CCC2C3)c(C)c1. The van der Waals surface area contributed by atoms with Crippen LogP contribution in [-0.2, 0) is 0 Å². The van der Waals surface area contributed by atoms with Gasteiger partial charge < -0.3 is 0 Å². The third-order valence-corrected chi connectivity index (χ3v) is 5.84. The Labute approximate surface area is 122 Å². The van der Waals surface area contributed by atoms with Crippen molar-refractivity contribution in [3.63, 3.8) is 0 Å². The molecule has 0 heterocycles. The zero-order chi connectivity index (χ0) is 13.6. The zero-order valence-corrected chi connectivity index (χ0v) is 13.1. The quantitative estimate of drug-likeness (QED) is 0.620. The number of alkyl halides is 1. The number of hydrogen-bond acceptors (Lipinski definition) is 0. The Morgan fingerprint density at radius 2 is 1.79 bits per heavy atom. The highest BCUT2D eigenvalue weighted by Crippen LogP contribution is 2.52. The lowest BCUT2D eigenvalue weighted by atomic mass is 9.83. The molecule has 4 atom stereocenters. The lowest BCUT2D eigenvalue weighted by molar-refractivity contribution is 0.311. The van der Waals surface area contributed by atoms with E-state index in [1.165, 1.54) is 54.4 Å². The van der Waals surface area contributed by atoms with Crippen LogP contribution in [0.15, 0.2) is 12.1 Å². The topological polar surface area (TPSA) is 0 Å². The van der Waals surface area contributed by atoms with Crippen LogP contribution in [-0.4, -0.2) is 0 Å². The van der Waals surface area contributed by atoms with Crippen LogP contribution in [0.25, 0.3) is 0 Å². The summed E-state index contributed by atoms with van der Waals surface area (Å²) >= 11 is 6.79. The van der Waals surface area contributed by atoms with Gasteiger partial charge in [0, 0.05) is 0 Å². The fraction of sp³-hybridized carbons (Fsp3) is 0.667. The lowest BCUT2D eigenvalue weighted by Gasteiger charge is -2.25. The highest BCUT2D eigenvalue weighted by Gasteiger charge is 2.40. The summed E-state index contributed by atoms with van der Waals surface area (Å²) < 4.78 is 0. The van der Waals surface area contributed by atoms with Gasteiger partial charge in [0.1, 0.15) is 0 Å². The van der Waals surface area contributed by atoms with E-state index in [4.69, 9.17) is 11.6 Å². The molecule has 2 aliphatic carbocycles. The molecule has 1 aromatic carbocycles. The third-order valence-electron chi connectivity index (χ3n) is 5.45. The van der Waals surface area contributed by atoms with Crippen molar-refractivity contribution in [3.8, 4) is 0 Å². The molecule has 2 bridgehead atoms. The van der Waals surface area contributed by atoms with E-state index in [2.05, 4.69) is 32.9 Å². The second kappa shape index (κ2) is 5.13. The van der Waals surface area contributed by atoms with Crippen molar-refractivity contribution in [2.24, 2.45) is 17.8 Å². The maximum absolute atomic E-state index is 6.79. The van der Waals surface area contributed by atoms with Crippen molar-refractivity contribution in [2.75, 3.05) is 0 Å². The summed E-state index contributed by atoms with van der Waals surface area (Å²) in [5, 5.41) is 0.213. The van der Waals surface area contributed by atoms with Crippen molar-refractivity contribution >= 4 is 11.6 Å². The number of benzene rings is 1. The van der Waals surface area contributed by atoms with Gasteiger partial charge in [0.15, 0.2) is 0 Å². The van der Waals surface area contributed by atoms with Gasteiger partial charge in [-0.15, -0.1) is 11.6 Å². The molecule has 2 fully saturated rings. The second-order valence-electron chi connectivity index (χ2n) is 6.95. The molecule has 0 radical (unpaired) electrons. The summed E-state index contributed by atoms with van der Waals surface area (Å²) in [6, 6.07) is 4.55. The smallest absolute Gasteiger partial charge is 0.0593 e. The van der Waals surface area contributed by atoms with Gasteiger partial charge >= 0.3 is 0 Å². The summed E-state index contributed by atoms with van der Waals surface area (Å²) in [7, 11) is 0. The molecular weight excluding hydrogens is 252 g/mol. The van der Waals surface area contributed by atoms with Gasteiger partial charge in [0.2, 0.25) is 0 Å². The average Bonchev–Trinajstić information content (AvgIpc) is 2.89. The van der Waals surface area contributed by atoms with Crippen LogP contribution in [0.3, 0.4) is 0 Å². The van der Waals surface area contributed by atoms with Crippen LogP contribution in [0.4, 0.5) is 0 Å². The van der Waals surface area contributed by atoms with E-state index in [1.54, 1.807) is 0 Å². The van der Waals surface area contributed by atoms with E-state index < -0.39 is 0 Å². The van der Waals surface area contributed by atoms with Gasteiger partial charge in [-0.1, -0.05) is 24.1 Å². The molecule has 2 saturated carbocycles. The first kappa shape index (κ1) is 13.5. The maximum Gasteiger partial charge on any atom is 0.0593 e. The van der Waals surface area contributed by atoms with Crippen LogP contribution < -0.4 is 0 Å². The molecule has 4 unspecified atom stereocenters. The van der Waals surface area contributed by atoms with Crippen LogP contribution >= 0.6 is 11.6 Å². The minimum absolute atomic E-state index is 0.213. The van der Waals surface area contributed by atoms with E-state index in [-0.39, 0.29) is 5.38 Å². The highest BCUT2D eigenvalue weighted by atomic mass is 35.5. The zero-order valence-electron chi connectivity index (χ0n) is 12.4. The molecule has 1 heteroatoms. The lowest BCUT2D eigenvalue weighted by Crippen LogP contribution is -2.13. The van der Waals surface area contributed by atoms with Crippen LogP contribution in [0.2, 0.25) is 0 Å².